The average molecular weight is 304 g/mol. The van der Waals surface area contributed by atoms with E-state index in [1.165, 1.54) is 10.4 Å². The Bertz CT molecular complexity index is 612. The van der Waals surface area contributed by atoms with Crippen LogP contribution >= 0.6 is 11.3 Å². The molecule has 0 aliphatic carbocycles. The Kier molecular flexibility index (Phi) is 4.41. The molecule has 21 heavy (non-hydrogen) atoms. The van der Waals surface area contributed by atoms with E-state index in [9.17, 15) is 0 Å². The third kappa shape index (κ3) is 3.36. The summed E-state index contributed by atoms with van der Waals surface area (Å²) in [6.07, 6.45) is 0.933. The number of benzene rings is 1. The predicted molar refractivity (Wildman–Crippen MR) is 84.2 cm³/mol. The van der Waals surface area contributed by atoms with E-state index in [4.69, 9.17) is 9.47 Å². The molecule has 4 nitrogen and oxygen atoms in total. The smallest absolute Gasteiger partial charge is 0.161 e. The van der Waals surface area contributed by atoms with Crippen molar-refractivity contribution >= 4 is 11.3 Å². The van der Waals surface area contributed by atoms with Crippen LogP contribution in [-0.4, -0.2) is 18.2 Å². The van der Waals surface area contributed by atoms with Crippen LogP contribution in [0.4, 0.5) is 0 Å². The van der Waals surface area contributed by atoms with E-state index in [2.05, 4.69) is 29.4 Å². The van der Waals surface area contributed by atoms with E-state index in [1.807, 2.05) is 18.5 Å². The third-order valence-corrected chi connectivity index (χ3v) is 4.62. The molecule has 1 aliphatic rings. The normalized spacial score (nSPS) is 15.5. The molecule has 0 amide bonds. The molecule has 1 N–H and O–H groups in total. The van der Waals surface area contributed by atoms with Crippen molar-refractivity contribution in [2.24, 2.45) is 0 Å². The molecular weight excluding hydrogens is 284 g/mol. The fraction of sp³-hybridized carbons (Fsp3) is 0.438. The maximum atomic E-state index is 5.75. The number of nitrogens with one attached hydrogen (secondary N) is 1. The van der Waals surface area contributed by atoms with Gasteiger partial charge in [0.15, 0.2) is 11.5 Å². The number of aryl methyl sites for hydroxylation is 1. The highest BCUT2D eigenvalue weighted by atomic mass is 32.1. The number of fused-ring (bicyclic) bond motifs is 1. The molecule has 0 saturated heterocycles. The van der Waals surface area contributed by atoms with E-state index in [-0.39, 0.29) is 6.04 Å². The van der Waals surface area contributed by atoms with Crippen LogP contribution in [0.5, 0.6) is 11.5 Å². The molecule has 0 radical (unpaired) electrons. The van der Waals surface area contributed by atoms with Crippen LogP contribution in [0, 0.1) is 6.92 Å². The lowest BCUT2D eigenvalue weighted by molar-refractivity contribution is 0.297. The monoisotopic (exact) mass is 304 g/mol. The van der Waals surface area contributed by atoms with Crippen molar-refractivity contribution in [1.29, 1.82) is 0 Å². The topological polar surface area (TPSA) is 43.4 Å². The number of hydrogen-bond donors (Lipinski definition) is 1. The lowest BCUT2D eigenvalue weighted by atomic mass is 10.1. The Balaban J connectivity index is 1.68. The lowest BCUT2D eigenvalue weighted by Crippen LogP contribution is -2.18. The first-order valence-electron chi connectivity index (χ1n) is 7.26. The summed E-state index contributed by atoms with van der Waals surface area (Å²) in [6, 6.07) is 6.44. The first kappa shape index (κ1) is 14.4. The van der Waals surface area contributed by atoms with Crippen molar-refractivity contribution in [1.82, 2.24) is 10.3 Å². The second-order valence-electron chi connectivity index (χ2n) is 5.22. The summed E-state index contributed by atoms with van der Waals surface area (Å²) in [5.41, 5.74) is 4.21. The minimum atomic E-state index is 0.253. The van der Waals surface area contributed by atoms with E-state index >= 15 is 0 Å². The number of nitrogens with zero attached hydrogens (tertiary/aromatic N) is 1. The van der Waals surface area contributed by atoms with Crippen molar-refractivity contribution in [3.63, 3.8) is 0 Å². The predicted octanol–water partition coefficient (Wildman–Crippen LogP) is 3.46. The highest BCUT2D eigenvalue weighted by molar-refractivity contribution is 7.09. The van der Waals surface area contributed by atoms with Gasteiger partial charge < -0.3 is 14.8 Å². The minimum absolute atomic E-state index is 0.253. The highest BCUT2D eigenvalue weighted by Crippen LogP contribution is 2.32. The number of rotatable bonds is 4. The molecular formula is C16H20N2O2S. The zero-order valence-electron chi connectivity index (χ0n) is 12.4. The summed E-state index contributed by atoms with van der Waals surface area (Å²) in [5, 5.41) is 3.54. The molecule has 5 heteroatoms. The molecule has 3 rings (SSSR count). The van der Waals surface area contributed by atoms with Crippen LogP contribution in [0.3, 0.4) is 0 Å². The molecule has 2 aromatic rings. The van der Waals surface area contributed by atoms with E-state index in [1.54, 1.807) is 11.3 Å². The average Bonchev–Trinajstić information content (AvgIpc) is 2.76. The van der Waals surface area contributed by atoms with Gasteiger partial charge in [-0.25, -0.2) is 4.98 Å². The zero-order chi connectivity index (χ0) is 14.7. The molecule has 0 fully saturated rings. The Morgan fingerprint density at radius 1 is 1.29 bits per heavy atom. The molecule has 1 unspecified atom stereocenters. The summed E-state index contributed by atoms with van der Waals surface area (Å²) in [4.78, 5) is 5.57. The van der Waals surface area contributed by atoms with Gasteiger partial charge >= 0.3 is 0 Å². The molecule has 1 atom stereocenters. The molecule has 2 heterocycles. The van der Waals surface area contributed by atoms with Gasteiger partial charge in [-0.15, -0.1) is 11.3 Å². The summed E-state index contributed by atoms with van der Waals surface area (Å²) < 4.78 is 11.4. The summed E-state index contributed by atoms with van der Waals surface area (Å²) in [5.74, 6) is 1.70. The van der Waals surface area contributed by atoms with Crippen LogP contribution in [-0.2, 0) is 6.54 Å². The van der Waals surface area contributed by atoms with Gasteiger partial charge in [-0.3, -0.25) is 0 Å². The second-order valence-corrected chi connectivity index (χ2v) is 6.16. The first-order chi connectivity index (χ1) is 10.2. The molecule has 0 spiro atoms. The van der Waals surface area contributed by atoms with Gasteiger partial charge in [0.05, 0.1) is 24.4 Å². The molecule has 1 aliphatic heterocycles. The number of ether oxygens (including phenoxy) is 2. The fourth-order valence-corrected chi connectivity index (χ4v) is 3.04. The van der Waals surface area contributed by atoms with Gasteiger partial charge in [0.2, 0.25) is 0 Å². The van der Waals surface area contributed by atoms with Crippen molar-refractivity contribution in [3.8, 4) is 11.5 Å². The number of hydrogen-bond acceptors (Lipinski definition) is 5. The maximum Gasteiger partial charge on any atom is 0.161 e. The van der Waals surface area contributed by atoms with E-state index in [0.717, 1.165) is 43.4 Å². The lowest BCUT2D eigenvalue weighted by Gasteiger charge is -2.16. The van der Waals surface area contributed by atoms with E-state index in [0.29, 0.717) is 0 Å². The Hall–Kier alpha value is -1.59. The first-order valence-corrected chi connectivity index (χ1v) is 8.14. The summed E-state index contributed by atoms with van der Waals surface area (Å²) in [6.45, 7) is 6.50. The summed E-state index contributed by atoms with van der Waals surface area (Å²) in [7, 11) is 0. The number of thiazole rings is 1. The Morgan fingerprint density at radius 3 is 2.86 bits per heavy atom. The molecule has 1 aromatic carbocycles. The Morgan fingerprint density at radius 2 is 2.10 bits per heavy atom. The number of aromatic nitrogens is 1. The minimum Gasteiger partial charge on any atom is -0.490 e. The molecule has 1 aromatic heterocycles. The van der Waals surface area contributed by atoms with Gasteiger partial charge in [-0.05, 0) is 31.5 Å². The van der Waals surface area contributed by atoms with Crippen LogP contribution in [0.2, 0.25) is 0 Å². The largest absolute Gasteiger partial charge is 0.490 e. The summed E-state index contributed by atoms with van der Waals surface area (Å²) >= 11 is 1.69. The van der Waals surface area contributed by atoms with E-state index < -0.39 is 0 Å². The van der Waals surface area contributed by atoms with Crippen LogP contribution < -0.4 is 14.8 Å². The van der Waals surface area contributed by atoms with Gasteiger partial charge in [-0.2, -0.15) is 0 Å². The van der Waals surface area contributed by atoms with Crippen LogP contribution in [0.15, 0.2) is 23.7 Å². The van der Waals surface area contributed by atoms with Gasteiger partial charge in [0.1, 0.15) is 0 Å². The fourth-order valence-electron chi connectivity index (χ4n) is 2.31. The maximum absolute atomic E-state index is 5.75. The van der Waals surface area contributed by atoms with Crippen LogP contribution in [0.1, 0.15) is 35.5 Å². The van der Waals surface area contributed by atoms with Gasteiger partial charge in [-0.1, -0.05) is 6.07 Å². The van der Waals surface area contributed by atoms with Crippen molar-refractivity contribution < 1.29 is 9.47 Å². The third-order valence-electron chi connectivity index (χ3n) is 3.69. The van der Waals surface area contributed by atoms with Gasteiger partial charge in [0.25, 0.3) is 0 Å². The van der Waals surface area contributed by atoms with Crippen molar-refractivity contribution in [2.75, 3.05) is 13.2 Å². The molecule has 0 bridgehead atoms. The highest BCUT2D eigenvalue weighted by Gasteiger charge is 2.14. The quantitative estimate of drug-likeness (QED) is 0.939. The Labute approximate surface area is 129 Å². The zero-order valence-corrected chi connectivity index (χ0v) is 13.2. The van der Waals surface area contributed by atoms with Crippen LogP contribution in [0.25, 0.3) is 0 Å². The second kappa shape index (κ2) is 6.45. The SMILES string of the molecule is Cc1ncsc1CNC(C)c1ccc2c(c1)OCCCO2. The standard InChI is InChI=1S/C16H20N2O2S/c1-11(17-9-16-12(2)18-10-21-16)13-4-5-14-15(8-13)20-7-3-6-19-14/h4-5,8,10-11,17H,3,6-7,9H2,1-2H3. The molecule has 112 valence electrons. The molecule has 0 saturated carbocycles. The van der Waals surface area contributed by atoms with Crippen molar-refractivity contribution in [2.45, 2.75) is 32.9 Å². The van der Waals surface area contributed by atoms with Crippen molar-refractivity contribution in [3.05, 3.63) is 39.8 Å². The van der Waals surface area contributed by atoms with Gasteiger partial charge in [0, 0.05) is 23.9 Å².